The zero-order valence-electron chi connectivity index (χ0n) is 12.6. The average Bonchev–Trinajstić information content (AvgIpc) is 2.53. The Morgan fingerprint density at radius 1 is 1.29 bits per heavy atom. The number of fused-ring (bicyclic) bond motifs is 1. The van der Waals surface area contributed by atoms with Crippen LogP contribution in [0.15, 0.2) is 0 Å². The molecule has 0 aromatic carbocycles. The largest absolute Gasteiger partial charge is 0.376 e. The summed E-state index contributed by atoms with van der Waals surface area (Å²) in [6.45, 7) is 3.95. The van der Waals surface area contributed by atoms with Crippen molar-refractivity contribution in [2.45, 2.75) is 58.2 Å². The highest BCUT2D eigenvalue weighted by molar-refractivity contribution is 6.30. The highest BCUT2D eigenvalue weighted by Gasteiger charge is 2.29. The van der Waals surface area contributed by atoms with Crippen LogP contribution in [0.3, 0.4) is 0 Å². The molecule has 1 fully saturated rings. The topological polar surface area (TPSA) is 44.2 Å². The van der Waals surface area contributed by atoms with E-state index in [9.17, 15) is 0 Å². The Morgan fingerprint density at radius 3 is 2.86 bits per heavy atom. The van der Waals surface area contributed by atoms with Crippen molar-refractivity contribution >= 4 is 11.6 Å². The predicted octanol–water partition coefficient (Wildman–Crippen LogP) is 3.86. The van der Waals surface area contributed by atoms with Crippen molar-refractivity contribution in [2.24, 2.45) is 5.92 Å². The van der Waals surface area contributed by atoms with Crippen molar-refractivity contribution in [3.63, 3.8) is 0 Å². The van der Waals surface area contributed by atoms with Crippen molar-refractivity contribution in [3.05, 3.63) is 22.2 Å². The Labute approximate surface area is 131 Å². The minimum absolute atomic E-state index is 0.0130. The van der Waals surface area contributed by atoms with Crippen LogP contribution in [0.1, 0.15) is 62.2 Å². The van der Waals surface area contributed by atoms with E-state index in [4.69, 9.17) is 26.1 Å². The molecule has 0 bridgehead atoms. The molecule has 1 saturated carbocycles. The molecule has 0 saturated heterocycles. The van der Waals surface area contributed by atoms with Crippen LogP contribution in [-0.2, 0) is 22.5 Å². The monoisotopic (exact) mass is 310 g/mol. The molecule has 0 radical (unpaired) electrons. The lowest BCUT2D eigenvalue weighted by molar-refractivity contribution is -0.000675. The SMILES string of the molecule is CCOC(c1nc(Cl)c2c(n1)CCOC2)C1CCCCC1. The second-order valence-corrected chi connectivity index (χ2v) is 6.23. The van der Waals surface area contributed by atoms with Gasteiger partial charge in [0, 0.05) is 18.6 Å². The molecule has 1 aliphatic heterocycles. The summed E-state index contributed by atoms with van der Waals surface area (Å²) in [6.07, 6.45) is 7.09. The molecule has 1 unspecified atom stereocenters. The van der Waals surface area contributed by atoms with E-state index in [1.165, 1.54) is 32.1 Å². The number of hydrogen-bond donors (Lipinski definition) is 0. The van der Waals surface area contributed by atoms with E-state index < -0.39 is 0 Å². The molecule has 21 heavy (non-hydrogen) atoms. The van der Waals surface area contributed by atoms with E-state index in [1.54, 1.807) is 0 Å². The maximum atomic E-state index is 6.34. The highest BCUT2D eigenvalue weighted by atomic mass is 35.5. The molecule has 2 heterocycles. The number of ether oxygens (including phenoxy) is 2. The molecular weight excluding hydrogens is 288 g/mol. The lowest BCUT2D eigenvalue weighted by Gasteiger charge is -2.30. The summed E-state index contributed by atoms with van der Waals surface area (Å²) in [5.74, 6) is 1.29. The molecule has 1 atom stereocenters. The van der Waals surface area contributed by atoms with Crippen molar-refractivity contribution < 1.29 is 9.47 Å². The Balaban J connectivity index is 1.89. The number of halogens is 1. The molecule has 5 heteroatoms. The summed E-state index contributed by atoms with van der Waals surface area (Å²) < 4.78 is 11.4. The first-order valence-corrected chi connectivity index (χ1v) is 8.42. The zero-order valence-corrected chi connectivity index (χ0v) is 13.4. The standard InChI is InChI=1S/C16H23ClN2O2/c1-2-21-14(11-6-4-3-5-7-11)16-18-13-8-9-20-10-12(13)15(17)19-16/h11,14H,2-10H2,1H3. The van der Waals surface area contributed by atoms with Crippen LogP contribution in [0.5, 0.6) is 0 Å². The van der Waals surface area contributed by atoms with Crippen LogP contribution in [-0.4, -0.2) is 23.2 Å². The number of aromatic nitrogens is 2. The van der Waals surface area contributed by atoms with Crippen LogP contribution in [0, 0.1) is 5.92 Å². The fraction of sp³-hybridized carbons (Fsp3) is 0.750. The van der Waals surface area contributed by atoms with Gasteiger partial charge in [0.05, 0.1) is 18.9 Å². The number of nitrogens with zero attached hydrogens (tertiary/aromatic N) is 2. The normalized spacial score (nSPS) is 21.0. The van der Waals surface area contributed by atoms with E-state index in [-0.39, 0.29) is 6.10 Å². The van der Waals surface area contributed by atoms with Gasteiger partial charge in [-0.3, -0.25) is 0 Å². The predicted molar refractivity (Wildman–Crippen MR) is 81.3 cm³/mol. The Bertz CT molecular complexity index is 489. The molecule has 1 aromatic heterocycles. The zero-order chi connectivity index (χ0) is 14.7. The highest BCUT2D eigenvalue weighted by Crippen LogP contribution is 2.36. The van der Waals surface area contributed by atoms with Gasteiger partial charge >= 0.3 is 0 Å². The van der Waals surface area contributed by atoms with Gasteiger partial charge in [-0.2, -0.15) is 0 Å². The molecule has 0 N–H and O–H groups in total. The van der Waals surface area contributed by atoms with E-state index >= 15 is 0 Å². The van der Waals surface area contributed by atoms with Crippen molar-refractivity contribution in [3.8, 4) is 0 Å². The fourth-order valence-corrected chi connectivity index (χ4v) is 3.63. The van der Waals surface area contributed by atoms with Crippen LogP contribution in [0.25, 0.3) is 0 Å². The molecule has 4 nitrogen and oxygen atoms in total. The molecule has 3 rings (SSSR count). The van der Waals surface area contributed by atoms with E-state index in [0.29, 0.717) is 30.9 Å². The molecule has 2 aliphatic rings. The first-order valence-electron chi connectivity index (χ1n) is 8.04. The second-order valence-electron chi connectivity index (χ2n) is 5.87. The maximum Gasteiger partial charge on any atom is 0.159 e. The third kappa shape index (κ3) is 3.38. The third-order valence-electron chi connectivity index (χ3n) is 4.47. The lowest BCUT2D eigenvalue weighted by atomic mass is 9.84. The van der Waals surface area contributed by atoms with E-state index in [1.807, 2.05) is 6.92 Å². The smallest absolute Gasteiger partial charge is 0.159 e. The first-order chi connectivity index (χ1) is 10.3. The second kappa shape index (κ2) is 7.03. The van der Waals surface area contributed by atoms with Gasteiger partial charge in [0.15, 0.2) is 5.82 Å². The number of hydrogen-bond acceptors (Lipinski definition) is 4. The van der Waals surface area contributed by atoms with Gasteiger partial charge in [-0.05, 0) is 25.7 Å². The summed E-state index contributed by atoms with van der Waals surface area (Å²) in [5, 5.41) is 0.537. The Morgan fingerprint density at radius 2 is 2.10 bits per heavy atom. The number of rotatable bonds is 4. The van der Waals surface area contributed by atoms with Gasteiger partial charge in [0.1, 0.15) is 11.3 Å². The molecule has 116 valence electrons. The lowest BCUT2D eigenvalue weighted by Crippen LogP contribution is -2.23. The van der Waals surface area contributed by atoms with Gasteiger partial charge in [0.2, 0.25) is 0 Å². The van der Waals surface area contributed by atoms with Gasteiger partial charge in [0.25, 0.3) is 0 Å². The molecule has 0 spiro atoms. The molecule has 1 aromatic rings. The van der Waals surface area contributed by atoms with E-state index in [2.05, 4.69) is 4.98 Å². The Kier molecular flexibility index (Phi) is 5.09. The molecular formula is C16H23ClN2O2. The summed E-state index contributed by atoms with van der Waals surface area (Å²) >= 11 is 6.34. The van der Waals surface area contributed by atoms with Crippen LogP contribution < -0.4 is 0 Å². The van der Waals surface area contributed by atoms with Crippen LogP contribution in [0.2, 0.25) is 5.15 Å². The van der Waals surface area contributed by atoms with Crippen LogP contribution in [0.4, 0.5) is 0 Å². The van der Waals surface area contributed by atoms with Crippen molar-refractivity contribution in [2.75, 3.05) is 13.2 Å². The van der Waals surface area contributed by atoms with Gasteiger partial charge in [-0.15, -0.1) is 0 Å². The quantitative estimate of drug-likeness (QED) is 0.792. The summed E-state index contributed by atoms with van der Waals surface area (Å²) in [4.78, 5) is 9.30. The summed E-state index contributed by atoms with van der Waals surface area (Å²) in [7, 11) is 0. The molecule has 1 aliphatic carbocycles. The minimum Gasteiger partial charge on any atom is -0.376 e. The minimum atomic E-state index is -0.0130. The average molecular weight is 311 g/mol. The maximum absolute atomic E-state index is 6.34. The Hall–Kier alpha value is -0.710. The van der Waals surface area contributed by atoms with Crippen LogP contribution >= 0.6 is 11.6 Å². The van der Waals surface area contributed by atoms with Gasteiger partial charge in [-0.1, -0.05) is 30.9 Å². The van der Waals surface area contributed by atoms with Crippen molar-refractivity contribution in [1.29, 1.82) is 0 Å². The fourth-order valence-electron chi connectivity index (χ4n) is 3.38. The summed E-state index contributed by atoms with van der Waals surface area (Å²) in [6, 6.07) is 0. The summed E-state index contributed by atoms with van der Waals surface area (Å²) in [5.41, 5.74) is 1.99. The van der Waals surface area contributed by atoms with Gasteiger partial charge < -0.3 is 9.47 Å². The van der Waals surface area contributed by atoms with E-state index in [0.717, 1.165) is 23.5 Å². The molecule has 0 amide bonds. The van der Waals surface area contributed by atoms with Gasteiger partial charge in [-0.25, -0.2) is 9.97 Å². The third-order valence-corrected chi connectivity index (χ3v) is 4.78. The van der Waals surface area contributed by atoms with Crippen molar-refractivity contribution in [1.82, 2.24) is 9.97 Å². The first kappa shape index (κ1) is 15.2.